The van der Waals surface area contributed by atoms with E-state index in [1.165, 1.54) is 38.5 Å². The Morgan fingerprint density at radius 2 is 1.57 bits per heavy atom. The summed E-state index contributed by atoms with van der Waals surface area (Å²) >= 11 is 0. The van der Waals surface area contributed by atoms with Crippen LogP contribution in [0, 0.1) is 11.6 Å². The molecule has 0 heterocycles. The van der Waals surface area contributed by atoms with Crippen LogP contribution in [-0.4, -0.2) is 20.1 Å². The summed E-state index contributed by atoms with van der Waals surface area (Å²) in [4.78, 5) is 12.2. The Kier molecular flexibility index (Phi) is 5.16. The van der Waals surface area contributed by atoms with Crippen LogP contribution in [0.5, 0.6) is 11.5 Å². The first-order chi connectivity index (χ1) is 11.0. The second-order valence-corrected chi connectivity index (χ2v) is 4.94. The van der Waals surface area contributed by atoms with Gasteiger partial charge >= 0.3 is 0 Å². The summed E-state index contributed by atoms with van der Waals surface area (Å²) in [5.74, 6) is -1.41. The van der Waals surface area contributed by atoms with Gasteiger partial charge in [0.25, 0.3) is 5.91 Å². The molecule has 1 amide bonds. The molecular formula is C17H17F2NO3. The number of carbonyl (C=O) groups excluding carboxylic acids is 1. The second-order valence-electron chi connectivity index (χ2n) is 4.94. The molecule has 2 aromatic carbocycles. The molecule has 1 atom stereocenters. The number of nitrogens with one attached hydrogen (secondary N) is 1. The van der Waals surface area contributed by atoms with E-state index >= 15 is 0 Å². The van der Waals surface area contributed by atoms with Crippen molar-refractivity contribution in [2.45, 2.75) is 13.0 Å². The lowest BCUT2D eigenvalue weighted by Crippen LogP contribution is -2.26. The smallest absolute Gasteiger partial charge is 0.251 e. The lowest BCUT2D eigenvalue weighted by molar-refractivity contribution is 0.0939. The number of halogens is 2. The Labute approximate surface area is 133 Å². The molecule has 0 bridgehead atoms. The van der Waals surface area contributed by atoms with Gasteiger partial charge in [-0.05, 0) is 42.8 Å². The summed E-state index contributed by atoms with van der Waals surface area (Å²) in [6.45, 7) is 1.71. The molecule has 0 saturated carbocycles. The average molecular weight is 321 g/mol. The highest BCUT2D eigenvalue weighted by Crippen LogP contribution is 2.22. The van der Waals surface area contributed by atoms with Gasteiger partial charge in [0, 0.05) is 5.56 Å². The third-order valence-electron chi connectivity index (χ3n) is 3.44. The zero-order valence-corrected chi connectivity index (χ0v) is 13.0. The summed E-state index contributed by atoms with van der Waals surface area (Å²) < 4.78 is 37.0. The molecule has 1 N–H and O–H groups in total. The average Bonchev–Trinajstić information content (AvgIpc) is 2.54. The highest BCUT2D eigenvalue weighted by atomic mass is 19.1. The normalized spacial score (nSPS) is 11.7. The van der Waals surface area contributed by atoms with Gasteiger partial charge in [-0.15, -0.1) is 0 Å². The van der Waals surface area contributed by atoms with E-state index in [-0.39, 0.29) is 17.1 Å². The molecule has 0 spiro atoms. The minimum atomic E-state index is -0.622. The summed E-state index contributed by atoms with van der Waals surface area (Å²) in [6, 6.07) is 7.91. The topological polar surface area (TPSA) is 47.6 Å². The fourth-order valence-corrected chi connectivity index (χ4v) is 2.12. The van der Waals surface area contributed by atoms with Crippen molar-refractivity contribution in [1.29, 1.82) is 0 Å². The zero-order valence-electron chi connectivity index (χ0n) is 13.0. The largest absolute Gasteiger partial charge is 0.494 e. The van der Waals surface area contributed by atoms with Gasteiger partial charge in [-0.1, -0.05) is 6.07 Å². The van der Waals surface area contributed by atoms with E-state index in [2.05, 4.69) is 5.32 Å². The molecule has 0 saturated heterocycles. The molecule has 0 fully saturated rings. The molecule has 2 rings (SSSR count). The van der Waals surface area contributed by atoms with Crippen LogP contribution in [0.4, 0.5) is 8.78 Å². The van der Waals surface area contributed by atoms with Crippen molar-refractivity contribution in [3.63, 3.8) is 0 Å². The van der Waals surface area contributed by atoms with Crippen molar-refractivity contribution >= 4 is 5.91 Å². The van der Waals surface area contributed by atoms with Gasteiger partial charge in [0.15, 0.2) is 23.1 Å². The lowest BCUT2D eigenvalue weighted by Gasteiger charge is -2.15. The van der Waals surface area contributed by atoms with Crippen molar-refractivity contribution < 1.29 is 23.0 Å². The quantitative estimate of drug-likeness (QED) is 0.917. The number of ether oxygens (including phenoxy) is 2. The van der Waals surface area contributed by atoms with Gasteiger partial charge in [-0.3, -0.25) is 4.79 Å². The maximum Gasteiger partial charge on any atom is 0.251 e. The Morgan fingerprint density at radius 3 is 2.09 bits per heavy atom. The van der Waals surface area contributed by atoms with E-state index in [1.54, 1.807) is 13.0 Å². The second kappa shape index (κ2) is 7.09. The van der Waals surface area contributed by atoms with Crippen LogP contribution in [0.25, 0.3) is 0 Å². The fourth-order valence-electron chi connectivity index (χ4n) is 2.12. The zero-order chi connectivity index (χ0) is 17.0. The molecule has 6 heteroatoms. The van der Waals surface area contributed by atoms with Gasteiger partial charge in [0.1, 0.15) is 0 Å². The number of amides is 1. The van der Waals surface area contributed by atoms with Gasteiger partial charge in [0.05, 0.1) is 20.3 Å². The first kappa shape index (κ1) is 16.7. The van der Waals surface area contributed by atoms with E-state index in [1.807, 2.05) is 0 Å². The highest BCUT2D eigenvalue weighted by Gasteiger charge is 2.15. The standard InChI is InChI=1S/C17H17F2NO3/c1-10(11-4-6-15(22-2)13(18)8-11)20-17(21)12-5-7-16(23-3)14(19)9-12/h4-10H,1-3H3,(H,20,21)/t10-/m0/s1. The Hall–Kier alpha value is -2.63. The van der Waals surface area contributed by atoms with E-state index in [4.69, 9.17) is 9.47 Å². The molecule has 0 aliphatic rings. The van der Waals surface area contributed by atoms with Gasteiger partial charge < -0.3 is 14.8 Å². The van der Waals surface area contributed by atoms with Crippen LogP contribution in [0.2, 0.25) is 0 Å². The van der Waals surface area contributed by atoms with E-state index in [9.17, 15) is 13.6 Å². The minimum absolute atomic E-state index is 0.0619. The Bertz CT molecular complexity index is 719. The first-order valence-electron chi connectivity index (χ1n) is 6.94. The Balaban J connectivity index is 2.13. The summed E-state index contributed by atoms with van der Waals surface area (Å²) in [5.41, 5.74) is 0.731. The molecular weight excluding hydrogens is 304 g/mol. The maximum absolute atomic E-state index is 13.7. The number of methoxy groups -OCH3 is 2. The van der Waals surface area contributed by atoms with Gasteiger partial charge in [-0.25, -0.2) is 8.78 Å². The van der Waals surface area contributed by atoms with Crippen LogP contribution in [0.3, 0.4) is 0 Å². The predicted molar refractivity (Wildman–Crippen MR) is 81.8 cm³/mol. The van der Waals surface area contributed by atoms with E-state index in [0.717, 1.165) is 6.07 Å². The van der Waals surface area contributed by atoms with Crippen LogP contribution in [0.15, 0.2) is 36.4 Å². The molecule has 0 aromatic heterocycles. The Morgan fingerprint density at radius 1 is 1.00 bits per heavy atom. The van der Waals surface area contributed by atoms with Gasteiger partial charge in [0.2, 0.25) is 0 Å². The summed E-state index contributed by atoms with van der Waals surface area (Å²) in [6.07, 6.45) is 0. The van der Waals surface area contributed by atoms with Crippen LogP contribution >= 0.6 is 0 Å². The minimum Gasteiger partial charge on any atom is -0.494 e. The van der Waals surface area contributed by atoms with Crippen molar-refractivity contribution in [2.75, 3.05) is 14.2 Å². The molecule has 23 heavy (non-hydrogen) atoms. The number of hydrogen-bond donors (Lipinski definition) is 1. The van der Waals surface area contributed by atoms with Crippen molar-refractivity contribution in [3.05, 3.63) is 59.2 Å². The van der Waals surface area contributed by atoms with E-state index in [0.29, 0.717) is 5.56 Å². The SMILES string of the molecule is COc1ccc(C(=O)N[C@@H](C)c2ccc(OC)c(F)c2)cc1F. The number of carbonyl (C=O) groups is 1. The third kappa shape index (κ3) is 3.77. The van der Waals surface area contributed by atoms with E-state index < -0.39 is 23.6 Å². The van der Waals surface area contributed by atoms with Crippen molar-refractivity contribution in [2.24, 2.45) is 0 Å². The summed E-state index contributed by atoms with van der Waals surface area (Å²) in [5, 5.41) is 2.69. The maximum atomic E-state index is 13.7. The van der Waals surface area contributed by atoms with Crippen molar-refractivity contribution in [3.8, 4) is 11.5 Å². The molecule has 0 radical (unpaired) electrons. The van der Waals surface area contributed by atoms with Crippen LogP contribution < -0.4 is 14.8 Å². The highest BCUT2D eigenvalue weighted by molar-refractivity contribution is 5.94. The molecule has 0 aliphatic heterocycles. The fraction of sp³-hybridized carbons (Fsp3) is 0.235. The number of hydrogen-bond acceptors (Lipinski definition) is 3. The van der Waals surface area contributed by atoms with Crippen LogP contribution in [-0.2, 0) is 0 Å². The van der Waals surface area contributed by atoms with Crippen molar-refractivity contribution in [1.82, 2.24) is 5.32 Å². The summed E-state index contributed by atoms with van der Waals surface area (Å²) in [7, 11) is 2.72. The molecule has 0 unspecified atom stereocenters. The first-order valence-corrected chi connectivity index (χ1v) is 6.94. The predicted octanol–water partition coefficient (Wildman–Crippen LogP) is 3.47. The molecule has 4 nitrogen and oxygen atoms in total. The molecule has 2 aromatic rings. The lowest BCUT2D eigenvalue weighted by atomic mass is 10.1. The third-order valence-corrected chi connectivity index (χ3v) is 3.44. The monoisotopic (exact) mass is 321 g/mol. The number of rotatable bonds is 5. The molecule has 0 aliphatic carbocycles. The molecule has 122 valence electrons. The number of benzene rings is 2. The van der Waals surface area contributed by atoms with Crippen LogP contribution in [0.1, 0.15) is 28.9 Å². The van der Waals surface area contributed by atoms with Gasteiger partial charge in [-0.2, -0.15) is 0 Å².